The van der Waals surface area contributed by atoms with Crippen molar-refractivity contribution in [3.63, 3.8) is 0 Å². The first-order valence-corrected chi connectivity index (χ1v) is 7.26. The molecule has 0 spiro atoms. The molecule has 0 saturated carbocycles. The molecule has 1 aromatic carbocycles. The van der Waals surface area contributed by atoms with E-state index in [1.165, 1.54) is 0 Å². The van der Waals surface area contributed by atoms with E-state index in [1.807, 2.05) is 38.1 Å². The highest BCUT2D eigenvalue weighted by molar-refractivity contribution is 5.95. The van der Waals surface area contributed by atoms with Gasteiger partial charge in [-0.25, -0.2) is 0 Å². The second kappa shape index (κ2) is 6.61. The summed E-state index contributed by atoms with van der Waals surface area (Å²) in [6, 6.07) is 7.13. The van der Waals surface area contributed by atoms with E-state index in [1.54, 1.807) is 12.0 Å². The van der Waals surface area contributed by atoms with Crippen molar-refractivity contribution in [1.82, 2.24) is 10.2 Å². The van der Waals surface area contributed by atoms with E-state index in [4.69, 9.17) is 4.74 Å². The number of benzene rings is 1. The summed E-state index contributed by atoms with van der Waals surface area (Å²) in [6.07, 6.45) is 0.854. The fourth-order valence-corrected chi connectivity index (χ4v) is 2.44. The number of rotatable bonds is 5. The fraction of sp³-hybridized carbons (Fsp3) is 0.500. The third kappa shape index (κ3) is 3.54. The summed E-state index contributed by atoms with van der Waals surface area (Å²) in [6.45, 7) is 4.58. The Balaban J connectivity index is 2.10. The van der Waals surface area contributed by atoms with Gasteiger partial charge in [0, 0.05) is 6.54 Å². The third-order valence-electron chi connectivity index (χ3n) is 3.97. The Morgan fingerprint density at radius 3 is 2.57 bits per heavy atom. The largest absolute Gasteiger partial charge is 0.497 e. The molecule has 2 atom stereocenters. The standard InChI is InChI=1S/C16H22N2O3/c1-4-11(2)15-16(20)18(10-14(19)17-15)9-12-5-7-13(21-3)8-6-12/h5-8,11,15H,4,9-10H2,1-3H3,(H,17,19). The van der Waals surface area contributed by atoms with Gasteiger partial charge in [0.15, 0.2) is 0 Å². The molecule has 1 heterocycles. The van der Waals surface area contributed by atoms with Crippen LogP contribution in [0, 0.1) is 5.92 Å². The van der Waals surface area contributed by atoms with Gasteiger partial charge in [0.25, 0.3) is 0 Å². The van der Waals surface area contributed by atoms with E-state index in [2.05, 4.69) is 5.32 Å². The minimum atomic E-state index is -0.408. The molecule has 1 aliphatic heterocycles. The highest BCUT2D eigenvalue weighted by atomic mass is 16.5. The second-order valence-electron chi connectivity index (χ2n) is 5.47. The van der Waals surface area contributed by atoms with Crippen LogP contribution in [-0.2, 0) is 16.1 Å². The minimum Gasteiger partial charge on any atom is -0.497 e. The number of carbonyl (C=O) groups excluding carboxylic acids is 2. The molecule has 2 amide bonds. The van der Waals surface area contributed by atoms with Crippen molar-refractivity contribution in [2.24, 2.45) is 5.92 Å². The van der Waals surface area contributed by atoms with Crippen LogP contribution >= 0.6 is 0 Å². The number of nitrogens with one attached hydrogen (secondary N) is 1. The molecule has 5 heteroatoms. The predicted octanol–water partition coefficient (Wildman–Crippen LogP) is 1.57. The van der Waals surface area contributed by atoms with Gasteiger partial charge in [-0.1, -0.05) is 32.4 Å². The van der Waals surface area contributed by atoms with Crippen molar-refractivity contribution in [3.8, 4) is 5.75 Å². The Kier molecular flexibility index (Phi) is 4.83. The van der Waals surface area contributed by atoms with Crippen LogP contribution in [0.5, 0.6) is 5.75 Å². The van der Waals surface area contributed by atoms with Crippen molar-refractivity contribution in [1.29, 1.82) is 0 Å². The van der Waals surface area contributed by atoms with Crippen molar-refractivity contribution in [3.05, 3.63) is 29.8 Å². The van der Waals surface area contributed by atoms with Crippen LogP contribution < -0.4 is 10.1 Å². The summed E-state index contributed by atoms with van der Waals surface area (Å²) in [5.41, 5.74) is 0.988. The zero-order valence-electron chi connectivity index (χ0n) is 12.8. The summed E-state index contributed by atoms with van der Waals surface area (Å²) in [5.74, 6) is 0.826. The lowest BCUT2D eigenvalue weighted by Gasteiger charge is -2.35. The molecule has 2 unspecified atom stereocenters. The van der Waals surface area contributed by atoms with Crippen molar-refractivity contribution in [2.75, 3.05) is 13.7 Å². The van der Waals surface area contributed by atoms with Crippen LogP contribution in [0.3, 0.4) is 0 Å². The summed E-state index contributed by atoms with van der Waals surface area (Å²) >= 11 is 0. The van der Waals surface area contributed by atoms with Gasteiger partial charge in [0.05, 0.1) is 13.7 Å². The first-order chi connectivity index (χ1) is 10.0. The monoisotopic (exact) mass is 290 g/mol. The average Bonchev–Trinajstić information content (AvgIpc) is 2.50. The summed E-state index contributed by atoms with van der Waals surface area (Å²) in [7, 11) is 1.62. The van der Waals surface area contributed by atoms with Crippen molar-refractivity contribution < 1.29 is 14.3 Å². The first kappa shape index (κ1) is 15.4. The van der Waals surface area contributed by atoms with Gasteiger partial charge >= 0.3 is 0 Å². The van der Waals surface area contributed by atoms with Gasteiger partial charge in [-0.05, 0) is 23.6 Å². The maximum Gasteiger partial charge on any atom is 0.246 e. The smallest absolute Gasteiger partial charge is 0.246 e. The lowest BCUT2D eigenvalue weighted by atomic mass is 9.96. The number of carbonyl (C=O) groups is 2. The van der Waals surface area contributed by atoms with E-state index in [9.17, 15) is 9.59 Å². The fourth-order valence-electron chi connectivity index (χ4n) is 2.44. The van der Waals surface area contributed by atoms with Crippen LogP contribution in [0.1, 0.15) is 25.8 Å². The molecule has 1 fully saturated rings. The second-order valence-corrected chi connectivity index (χ2v) is 5.47. The Morgan fingerprint density at radius 2 is 2.00 bits per heavy atom. The number of nitrogens with zero attached hydrogens (tertiary/aromatic N) is 1. The molecule has 0 aliphatic carbocycles. The maximum absolute atomic E-state index is 12.5. The molecule has 1 N–H and O–H groups in total. The van der Waals surface area contributed by atoms with Gasteiger partial charge in [-0.15, -0.1) is 0 Å². The molecule has 1 saturated heterocycles. The van der Waals surface area contributed by atoms with Crippen LogP contribution in [0.4, 0.5) is 0 Å². The molecular weight excluding hydrogens is 268 g/mol. The van der Waals surface area contributed by atoms with E-state index >= 15 is 0 Å². The normalized spacial score (nSPS) is 20.1. The Labute approximate surface area is 125 Å². The number of ether oxygens (including phenoxy) is 1. The number of methoxy groups -OCH3 is 1. The lowest BCUT2D eigenvalue weighted by molar-refractivity contribution is -0.146. The minimum absolute atomic E-state index is 0.000215. The average molecular weight is 290 g/mol. The SMILES string of the molecule is CCC(C)C1NC(=O)CN(Cc2ccc(OC)cc2)C1=O. The van der Waals surface area contributed by atoms with Crippen LogP contribution in [-0.4, -0.2) is 36.4 Å². The topological polar surface area (TPSA) is 58.6 Å². The van der Waals surface area contributed by atoms with Crippen LogP contribution in [0.2, 0.25) is 0 Å². The molecule has 0 bridgehead atoms. The molecule has 0 radical (unpaired) electrons. The molecular formula is C16H22N2O3. The third-order valence-corrected chi connectivity index (χ3v) is 3.97. The molecule has 114 valence electrons. The number of hydrogen-bond acceptors (Lipinski definition) is 3. The van der Waals surface area contributed by atoms with Crippen molar-refractivity contribution >= 4 is 11.8 Å². The van der Waals surface area contributed by atoms with Gasteiger partial charge in [-0.2, -0.15) is 0 Å². The first-order valence-electron chi connectivity index (χ1n) is 7.26. The summed E-state index contributed by atoms with van der Waals surface area (Å²) < 4.78 is 5.12. The number of hydrogen-bond donors (Lipinski definition) is 1. The highest BCUT2D eigenvalue weighted by Gasteiger charge is 2.35. The highest BCUT2D eigenvalue weighted by Crippen LogP contribution is 2.18. The number of amides is 2. The molecule has 2 rings (SSSR count). The van der Waals surface area contributed by atoms with Crippen LogP contribution in [0.25, 0.3) is 0 Å². The van der Waals surface area contributed by atoms with E-state index in [0.717, 1.165) is 17.7 Å². The molecule has 5 nitrogen and oxygen atoms in total. The van der Waals surface area contributed by atoms with Gasteiger partial charge in [-0.3, -0.25) is 9.59 Å². The van der Waals surface area contributed by atoms with Gasteiger partial charge in [0.2, 0.25) is 11.8 Å². The van der Waals surface area contributed by atoms with E-state index in [-0.39, 0.29) is 24.3 Å². The van der Waals surface area contributed by atoms with E-state index in [0.29, 0.717) is 6.54 Å². The lowest BCUT2D eigenvalue weighted by Crippen LogP contribution is -2.59. The molecule has 1 aliphatic rings. The number of piperazine rings is 1. The van der Waals surface area contributed by atoms with E-state index < -0.39 is 6.04 Å². The van der Waals surface area contributed by atoms with Gasteiger partial charge in [0.1, 0.15) is 11.8 Å². The quantitative estimate of drug-likeness (QED) is 0.895. The van der Waals surface area contributed by atoms with Crippen LogP contribution in [0.15, 0.2) is 24.3 Å². The Hall–Kier alpha value is -2.04. The zero-order valence-corrected chi connectivity index (χ0v) is 12.8. The van der Waals surface area contributed by atoms with Crippen molar-refractivity contribution in [2.45, 2.75) is 32.9 Å². The summed E-state index contributed by atoms with van der Waals surface area (Å²) in [5, 5.41) is 2.80. The Bertz CT molecular complexity index is 513. The predicted molar refractivity (Wildman–Crippen MR) is 79.8 cm³/mol. The maximum atomic E-state index is 12.5. The molecule has 0 aromatic heterocycles. The Morgan fingerprint density at radius 1 is 1.33 bits per heavy atom. The zero-order chi connectivity index (χ0) is 15.4. The molecule has 1 aromatic rings. The summed E-state index contributed by atoms with van der Waals surface area (Å²) in [4.78, 5) is 25.9. The molecule has 21 heavy (non-hydrogen) atoms. The van der Waals surface area contributed by atoms with Gasteiger partial charge < -0.3 is 15.0 Å².